The molecule has 0 aromatic rings. The molecule has 0 fully saturated rings. The molecule has 0 aromatic heterocycles. The minimum atomic E-state index is 1.24. The molecule has 1 heteroatoms. The maximum absolute atomic E-state index is 2.60. The van der Waals surface area contributed by atoms with Gasteiger partial charge >= 0.3 is 0 Å². The van der Waals surface area contributed by atoms with Crippen molar-refractivity contribution in [1.29, 1.82) is 0 Å². The Bertz CT molecular complexity index is 238. The molecule has 1 nitrogen and oxygen atoms in total. The molecule has 0 saturated heterocycles. The first kappa shape index (κ1) is 9.01. The van der Waals surface area contributed by atoms with Crippen LogP contribution in [0.15, 0.2) is 23.3 Å². The summed E-state index contributed by atoms with van der Waals surface area (Å²) in [5, 5.41) is 0. The van der Waals surface area contributed by atoms with Crippen LogP contribution in [-0.2, 0) is 0 Å². The fraction of sp³-hybridized carbons (Fsp3) is 0.667. The topological polar surface area (TPSA) is 3.24 Å². The van der Waals surface area contributed by atoms with Crippen molar-refractivity contribution in [3.63, 3.8) is 0 Å². The van der Waals surface area contributed by atoms with Gasteiger partial charge in [0.15, 0.2) is 0 Å². The van der Waals surface area contributed by atoms with Gasteiger partial charge in [-0.05, 0) is 37.8 Å². The van der Waals surface area contributed by atoms with Gasteiger partial charge in [-0.15, -0.1) is 0 Å². The summed E-state index contributed by atoms with van der Waals surface area (Å²) in [5.41, 5.74) is 3.35. The molecular weight excluding hydrogens is 158 g/mol. The summed E-state index contributed by atoms with van der Waals surface area (Å²) in [7, 11) is 0. The Kier molecular flexibility index (Phi) is 2.84. The summed E-state index contributed by atoms with van der Waals surface area (Å²) in [4.78, 5) is 2.60. The largest absolute Gasteiger partial charge is 0.299 e. The summed E-state index contributed by atoms with van der Waals surface area (Å²) < 4.78 is 0. The number of allylic oxidation sites excluding steroid dienone is 2. The highest BCUT2D eigenvalue weighted by Gasteiger charge is 2.17. The van der Waals surface area contributed by atoms with Gasteiger partial charge in [-0.25, -0.2) is 0 Å². The lowest BCUT2D eigenvalue weighted by molar-refractivity contribution is 0.283. The Hall–Kier alpha value is -0.560. The average molecular weight is 177 g/mol. The van der Waals surface area contributed by atoms with Crippen molar-refractivity contribution < 1.29 is 0 Å². The van der Waals surface area contributed by atoms with Gasteiger partial charge in [-0.2, -0.15) is 0 Å². The predicted molar refractivity (Wildman–Crippen MR) is 56.7 cm³/mol. The zero-order valence-electron chi connectivity index (χ0n) is 8.55. The summed E-state index contributed by atoms with van der Waals surface area (Å²) >= 11 is 0. The lowest BCUT2D eigenvalue weighted by Gasteiger charge is -2.31. The highest BCUT2D eigenvalue weighted by molar-refractivity contribution is 5.32. The van der Waals surface area contributed by atoms with Gasteiger partial charge in [0.05, 0.1) is 0 Å². The highest BCUT2D eigenvalue weighted by atomic mass is 15.1. The molecule has 2 rings (SSSR count). The van der Waals surface area contributed by atoms with E-state index >= 15 is 0 Å². The Labute approximate surface area is 81.1 Å². The van der Waals surface area contributed by atoms with E-state index in [2.05, 4.69) is 24.0 Å². The van der Waals surface area contributed by atoms with Gasteiger partial charge < -0.3 is 0 Å². The molecule has 72 valence electrons. The third-order valence-corrected chi connectivity index (χ3v) is 3.04. The quantitative estimate of drug-likeness (QED) is 0.627. The van der Waals surface area contributed by atoms with Crippen molar-refractivity contribution in [2.24, 2.45) is 0 Å². The van der Waals surface area contributed by atoms with Crippen molar-refractivity contribution in [2.45, 2.75) is 32.6 Å². The van der Waals surface area contributed by atoms with Crippen LogP contribution < -0.4 is 0 Å². The molecule has 0 atom stereocenters. The lowest BCUT2D eigenvalue weighted by Crippen LogP contribution is -2.32. The van der Waals surface area contributed by atoms with E-state index in [0.717, 1.165) is 0 Å². The fourth-order valence-electron chi connectivity index (χ4n) is 2.34. The van der Waals surface area contributed by atoms with Crippen LogP contribution in [0.5, 0.6) is 0 Å². The molecule has 0 bridgehead atoms. The van der Waals surface area contributed by atoms with E-state index in [0.29, 0.717) is 0 Å². The van der Waals surface area contributed by atoms with Crippen LogP contribution in [0.4, 0.5) is 0 Å². The van der Waals surface area contributed by atoms with E-state index in [-0.39, 0.29) is 0 Å². The second kappa shape index (κ2) is 4.10. The molecule has 1 heterocycles. The van der Waals surface area contributed by atoms with Crippen molar-refractivity contribution in [3.8, 4) is 0 Å². The standard InChI is InChI=1S/C12H19N/c1-2-8-13-9-7-11-5-3-4-6-12(11)10-13/h3,5H,2,4,6-10H2,1H3. The molecule has 0 saturated carbocycles. The molecule has 2 aliphatic rings. The molecule has 1 aliphatic heterocycles. The molecule has 13 heavy (non-hydrogen) atoms. The van der Waals surface area contributed by atoms with Gasteiger partial charge in [-0.1, -0.05) is 24.6 Å². The van der Waals surface area contributed by atoms with Crippen LogP contribution in [0.2, 0.25) is 0 Å². The molecule has 0 radical (unpaired) electrons. The highest BCUT2D eigenvalue weighted by Crippen LogP contribution is 2.26. The lowest BCUT2D eigenvalue weighted by atomic mass is 9.92. The molecule has 0 spiro atoms. The van der Waals surface area contributed by atoms with Crippen LogP contribution >= 0.6 is 0 Å². The molecule has 0 unspecified atom stereocenters. The zero-order chi connectivity index (χ0) is 9.10. The number of nitrogens with zero attached hydrogens (tertiary/aromatic N) is 1. The smallest absolute Gasteiger partial charge is 0.0198 e. The average Bonchev–Trinajstić information content (AvgIpc) is 2.18. The maximum atomic E-state index is 2.60. The van der Waals surface area contributed by atoms with Gasteiger partial charge in [-0.3, -0.25) is 4.90 Å². The fourth-order valence-corrected chi connectivity index (χ4v) is 2.34. The number of hydrogen-bond acceptors (Lipinski definition) is 1. The third-order valence-electron chi connectivity index (χ3n) is 3.04. The van der Waals surface area contributed by atoms with E-state index in [1.165, 1.54) is 45.3 Å². The minimum Gasteiger partial charge on any atom is -0.299 e. The third kappa shape index (κ3) is 2.02. The second-order valence-corrected chi connectivity index (χ2v) is 4.10. The first-order valence-corrected chi connectivity index (χ1v) is 5.50. The van der Waals surface area contributed by atoms with Gasteiger partial charge in [0.1, 0.15) is 0 Å². The van der Waals surface area contributed by atoms with Crippen LogP contribution in [0, 0.1) is 0 Å². The molecule has 0 N–H and O–H groups in total. The number of rotatable bonds is 2. The molecule has 0 aromatic carbocycles. The Morgan fingerprint density at radius 2 is 2.31 bits per heavy atom. The van der Waals surface area contributed by atoms with Crippen molar-refractivity contribution in [1.82, 2.24) is 4.90 Å². The zero-order valence-corrected chi connectivity index (χ0v) is 8.55. The second-order valence-electron chi connectivity index (χ2n) is 4.10. The van der Waals surface area contributed by atoms with Crippen molar-refractivity contribution >= 4 is 0 Å². The van der Waals surface area contributed by atoms with Crippen LogP contribution in [-0.4, -0.2) is 24.5 Å². The van der Waals surface area contributed by atoms with E-state index in [1.807, 2.05) is 0 Å². The van der Waals surface area contributed by atoms with E-state index in [4.69, 9.17) is 0 Å². The first-order valence-electron chi connectivity index (χ1n) is 5.50. The number of hydrogen-bond donors (Lipinski definition) is 0. The molecule has 0 amide bonds. The minimum absolute atomic E-state index is 1.24. The van der Waals surface area contributed by atoms with Gasteiger partial charge in [0.2, 0.25) is 0 Å². The predicted octanol–water partition coefficient (Wildman–Crippen LogP) is 2.75. The summed E-state index contributed by atoms with van der Waals surface area (Å²) in [5.74, 6) is 0. The van der Waals surface area contributed by atoms with Crippen LogP contribution in [0.25, 0.3) is 0 Å². The van der Waals surface area contributed by atoms with Crippen LogP contribution in [0.3, 0.4) is 0 Å². The van der Waals surface area contributed by atoms with Gasteiger partial charge in [0.25, 0.3) is 0 Å². The SMILES string of the molecule is CCCN1CCC2=C(CCC=C2)C1. The molecule has 1 aliphatic carbocycles. The van der Waals surface area contributed by atoms with Crippen LogP contribution in [0.1, 0.15) is 32.6 Å². The Morgan fingerprint density at radius 1 is 1.38 bits per heavy atom. The summed E-state index contributed by atoms with van der Waals surface area (Å²) in [6.07, 6.45) is 9.82. The Balaban J connectivity index is 2.01. The van der Waals surface area contributed by atoms with E-state index < -0.39 is 0 Å². The maximum Gasteiger partial charge on any atom is 0.0198 e. The van der Waals surface area contributed by atoms with E-state index in [9.17, 15) is 0 Å². The van der Waals surface area contributed by atoms with Gasteiger partial charge in [0, 0.05) is 13.1 Å². The molecular formula is C12H19N. The first-order chi connectivity index (χ1) is 6.40. The van der Waals surface area contributed by atoms with E-state index in [1.54, 1.807) is 11.1 Å². The van der Waals surface area contributed by atoms with Crippen molar-refractivity contribution in [2.75, 3.05) is 19.6 Å². The normalized spacial score (nSPS) is 23.5. The summed E-state index contributed by atoms with van der Waals surface area (Å²) in [6.45, 7) is 6.07. The Morgan fingerprint density at radius 3 is 3.15 bits per heavy atom. The monoisotopic (exact) mass is 177 g/mol. The summed E-state index contributed by atoms with van der Waals surface area (Å²) in [6, 6.07) is 0. The van der Waals surface area contributed by atoms with Crippen molar-refractivity contribution in [3.05, 3.63) is 23.3 Å².